The van der Waals surface area contributed by atoms with Gasteiger partial charge in [-0.25, -0.2) is 4.79 Å². The fraction of sp³-hybridized carbons (Fsp3) is 0.344. The second-order valence-electron chi connectivity index (χ2n) is 11.0. The first kappa shape index (κ1) is 35.6. The van der Waals surface area contributed by atoms with Gasteiger partial charge in [-0.15, -0.1) is 0 Å². The maximum atomic E-state index is 13.4. The minimum absolute atomic E-state index is 0.0588. The minimum Gasteiger partial charge on any atom is -0.478 e. The van der Waals surface area contributed by atoms with Crippen LogP contribution in [0.4, 0.5) is 32.0 Å². The van der Waals surface area contributed by atoms with E-state index in [1.165, 1.54) is 24.3 Å². The van der Waals surface area contributed by atoms with E-state index in [1.54, 1.807) is 25.1 Å². The van der Waals surface area contributed by atoms with Crippen LogP contribution in [0.3, 0.4) is 0 Å². The zero-order chi connectivity index (χ0) is 34.5. The largest absolute Gasteiger partial charge is 0.478 e. The van der Waals surface area contributed by atoms with Crippen molar-refractivity contribution in [3.63, 3.8) is 0 Å². The van der Waals surface area contributed by atoms with Gasteiger partial charge >= 0.3 is 18.3 Å². The lowest BCUT2D eigenvalue weighted by Gasteiger charge is -2.34. The molecule has 0 aliphatic carbocycles. The maximum Gasteiger partial charge on any atom is 0.416 e. The summed E-state index contributed by atoms with van der Waals surface area (Å²) in [6, 6.07) is 11.6. The molecule has 3 aromatic carbocycles. The molecular formula is C32H31ClF6N4O4. The van der Waals surface area contributed by atoms with Gasteiger partial charge in [-0.2, -0.15) is 26.3 Å². The third-order valence-corrected chi connectivity index (χ3v) is 8.11. The average molecular weight is 685 g/mol. The second kappa shape index (κ2) is 14.6. The average Bonchev–Trinajstić information content (AvgIpc) is 3.03. The van der Waals surface area contributed by atoms with Crippen molar-refractivity contribution in [1.29, 1.82) is 0 Å². The standard InChI is InChI=1S/C32H31ClF6N4O4/c1-2-18-13-20(5-8-26(18)33)28(42-29(45)21-14-22(31(34,35)36)16-23(15-21)32(37,38)39)41-27(44)17-40-24-9-11-43(12-10-24)25-6-3-19(4-7-25)30(46)47/h3-8,13-16,24,28,40H,2,9-12,17H2,1H3,(H,41,44)(H,42,45)(H,46,47). The number of nitrogens with one attached hydrogen (secondary N) is 3. The van der Waals surface area contributed by atoms with E-state index in [9.17, 15) is 40.7 Å². The number of nitrogens with zero attached hydrogens (tertiary/aromatic N) is 1. The summed E-state index contributed by atoms with van der Waals surface area (Å²) >= 11 is 6.21. The summed E-state index contributed by atoms with van der Waals surface area (Å²) in [5, 5.41) is 17.6. The van der Waals surface area contributed by atoms with Gasteiger partial charge in [-0.3, -0.25) is 9.59 Å². The predicted octanol–water partition coefficient (Wildman–Crippen LogP) is 6.44. The number of hydrogen-bond donors (Lipinski definition) is 4. The molecule has 0 spiro atoms. The molecule has 4 N–H and O–H groups in total. The Kier molecular flexibility index (Phi) is 11.1. The molecule has 1 aliphatic rings. The predicted molar refractivity (Wildman–Crippen MR) is 162 cm³/mol. The van der Waals surface area contributed by atoms with E-state index in [2.05, 4.69) is 20.9 Å². The van der Waals surface area contributed by atoms with Gasteiger partial charge in [-0.1, -0.05) is 30.7 Å². The van der Waals surface area contributed by atoms with Crippen LogP contribution in [0.5, 0.6) is 0 Å². The SMILES string of the molecule is CCc1cc(C(NC(=O)CNC2CCN(c3ccc(C(=O)O)cc3)CC2)NC(=O)c2cc(C(F)(F)F)cc(C(F)(F)F)c2)ccc1Cl. The van der Waals surface area contributed by atoms with Crippen molar-refractivity contribution in [2.45, 2.75) is 50.7 Å². The Morgan fingerprint density at radius 2 is 1.47 bits per heavy atom. The molecule has 252 valence electrons. The fourth-order valence-corrected chi connectivity index (χ4v) is 5.41. The van der Waals surface area contributed by atoms with Gasteiger partial charge in [0.1, 0.15) is 6.17 Å². The number of halogens is 7. The number of amides is 2. The molecule has 1 fully saturated rings. The highest BCUT2D eigenvalue weighted by molar-refractivity contribution is 6.31. The molecule has 0 aromatic heterocycles. The van der Waals surface area contributed by atoms with E-state index >= 15 is 0 Å². The third-order valence-electron chi connectivity index (χ3n) is 7.74. The summed E-state index contributed by atoms with van der Waals surface area (Å²) in [6.07, 6.45) is -9.84. The molecule has 0 radical (unpaired) electrons. The lowest BCUT2D eigenvalue weighted by Crippen LogP contribution is -2.48. The lowest BCUT2D eigenvalue weighted by molar-refractivity contribution is -0.143. The first-order chi connectivity index (χ1) is 22.0. The molecule has 1 unspecified atom stereocenters. The molecule has 3 aromatic rings. The van der Waals surface area contributed by atoms with Gasteiger partial charge < -0.3 is 26.0 Å². The van der Waals surface area contributed by atoms with Crippen LogP contribution in [0.2, 0.25) is 5.02 Å². The molecule has 1 saturated heterocycles. The van der Waals surface area contributed by atoms with Crippen molar-refractivity contribution in [3.05, 3.63) is 99.1 Å². The summed E-state index contributed by atoms with van der Waals surface area (Å²) in [7, 11) is 0. The molecule has 8 nitrogen and oxygen atoms in total. The highest BCUT2D eigenvalue weighted by Gasteiger charge is 2.38. The zero-order valence-corrected chi connectivity index (χ0v) is 25.7. The number of alkyl halides is 6. The van der Waals surface area contributed by atoms with E-state index in [0.717, 1.165) is 5.69 Å². The Bertz CT molecular complexity index is 1570. The van der Waals surface area contributed by atoms with Crippen LogP contribution in [0, 0.1) is 0 Å². The number of rotatable bonds is 10. The van der Waals surface area contributed by atoms with Gasteiger partial charge in [0, 0.05) is 35.4 Å². The number of carboxylic acid groups (broad SMARTS) is 1. The van der Waals surface area contributed by atoms with Crippen molar-refractivity contribution >= 4 is 35.1 Å². The molecule has 2 amide bonds. The summed E-state index contributed by atoms with van der Waals surface area (Å²) in [6.45, 7) is 2.87. The first-order valence-corrected chi connectivity index (χ1v) is 14.9. The third kappa shape index (κ3) is 9.38. The van der Waals surface area contributed by atoms with Crippen LogP contribution in [0.15, 0.2) is 60.7 Å². The fourth-order valence-electron chi connectivity index (χ4n) is 5.15. The molecule has 1 heterocycles. The van der Waals surface area contributed by atoms with E-state index in [0.29, 0.717) is 60.6 Å². The Morgan fingerprint density at radius 1 is 0.872 bits per heavy atom. The molecule has 0 bridgehead atoms. The Balaban J connectivity index is 1.45. The van der Waals surface area contributed by atoms with Crippen molar-refractivity contribution in [3.8, 4) is 0 Å². The zero-order valence-electron chi connectivity index (χ0n) is 24.9. The van der Waals surface area contributed by atoms with Gasteiger partial charge in [0.05, 0.1) is 23.2 Å². The molecule has 1 aliphatic heterocycles. The van der Waals surface area contributed by atoms with Gasteiger partial charge in [-0.05, 0) is 78.9 Å². The molecule has 47 heavy (non-hydrogen) atoms. The highest BCUT2D eigenvalue weighted by Crippen LogP contribution is 2.36. The van der Waals surface area contributed by atoms with Crippen LogP contribution >= 0.6 is 11.6 Å². The van der Waals surface area contributed by atoms with Crippen molar-refractivity contribution < 1.29 is 45.8 Å². The maximum absolute atomic E-state index is 13.4. The molecule has 15 heteroatoms. The minimum atomic E-state index is -5.15. The van der Waals surface area contributed by atoms with E-state index in [-0.39, 0.29) is 24.2 Å². The van der Waals surface area contributed by atoms with E-state index in [4.69, 9.17) is 16.7 Å². The second-order valence-corrected chi connectivity index (χ2v) is 11.4. The number of aromatic carboxylic acids is 1. The Hall–Kier alpha value is -4.30. The van der Waals surface area contributed by atoms with Crippen molar-refractivity contribution in [2.24, 2.45) is 0 Å². The molecule has 4 rings (SSSR count). The number of benzene rings is 3. The number of aryl methyl sites for hydroxylation is 1. The highest BCUT2D eigenvalue weighted by atomic mass is 35.5. The lowest BCUT2D eigenvalue weighted by atomic mass is 10.0. The van der Waals surface area contributed by atoms with E-state index < -0.39 is 53.0 Å². The number of carboxylic acids is 1. The number of piperidine rings is 1. The van der Waals surface area contributed by atoms with Crippen molar-refractivity contribution in [2.75, 3.05) is 24.5 Å². The summed E-state index contributed by atoms with van der Waals surface area (Å²) in [4.78, 5) is 39.4. The monoisotopic (exact) mass is 684 g/mol. The van der Waals surface area contributed by atoms with Crippen LogP contribution in [0.25, 0.3) is 0 Å². The topological polar surface area (TPSA) is 111 Å². The van der Waals surface area contributed by atoms with Gasteiger partial charge in [0.15, 0.2) is 0 Å². The van der Waals surface area contributed by atoms with E-state index in [1.807, 2.05) is 0 Å². The molecule has 1 atom stereocenters. The normalized spacial score (nSPS) is 14.9. The smallest absolute Gasteiger partial charge is 0.416 e. The number of anilines is 1. The van der Waals surface area contributed by atoms with Crippen LogP contribution in [0.1, 0.15) is 68.9 Å². The van der Waals surface area contributed by atoms with Crippen LogP contribution in [-0.4, -0.2) is 48.6 Å². The summed E-state index contributed by atoms with van der Waals surface area (Å²) < 4.78 is 80.5. The number of carbonyl (C=O) groups is 3. The molecule has 0 saturated carbocycles. The Labute approximate surface area is 271 Å². The molecular weight excluding hydrogens is 654 g/mol. The number of carbonyl (C=O) groups excluding carboxylic acids is 2. The first-order valence-electron chi connectivity index (χ1n) is 14.5. The van der Waals surface area contributed by atoms with Gasteiger partial charge in [0.2, 0.25) is 5.91 Å². The van der Waals surface area contributed by atoms with Crippen LogP contribution < -0.4 is 20.9 Å². The quantitative estimate of drug-likeness (QED) is 0.145. The Morgan fingerprint density at radius 3 is 2.00 bits per heavy atom. The van der Waals surface area contributed by atoms with Gasteiger partial charge in [0.25, 0.3) is 5.91 Å². The number of hydrogen-bond acceptors (Lipinski definition) is 5. The van der Waals surface area contributed by atoms with Crippen LogP contribution in [-0.2, 0) is 23.6 Å². The summed E-state index contributed by atoms with van der Waals surface area (Å²) in [5.41, 5.74) is -2.20. The van der Waals surface area contributed by atoms with Crippen molar-refractivity contribution in [1.82, 2.24) is 16.0 Å². The summed E-state index contributed by atoms with van der Waals surface area (Å²) in [5.74, 6) is -2.88.